The zero-order chi connectivity index (χ0) is 18.8. The summed E-state index contributed by atoms with van der Waals surface area (Å²) in [7, 11) is 0. The lowest BCUT2D eigenvalue weighted by Crippen LogP contribution is -2.12. The Labute approximate surface area is 160 Å². The number of hydrogen-bond donors (Lipinski definition) is 1. The molecule has 0 spiro atoms. The zero-order valence-electron chi connectivity index (χ0n) is 15.1. The molecule has 0 aliphatic carbocycles. The van der Waals surface area contributed by atoms with Gasteiger partial charge in [0.15, 0.2) is 0 Å². The molecule has 136 valence electrons. The van der Waals surface area contributed by atoms with Gasteiger partial charge in [-0.2, -0.15) is 5.10 Å². The second kappa shape index (κ2) is 7.32. The van der Waals surface area contributed by atoms with Crippen molar-refractivity contribution in [1.29, 1.82) is 0 Å². The molecule has 4 aromatic rings. The first-order valence-electron chi connectivity index (χ1n) is 8.76. The molecule has 1 N–H and O–H groups in total. The summed E-state index contributed by atoms with van der Waals surface area (Å²) in [6, 6.07) is 14.6. The number of aryl methyl sites for hydroxylation is 1. The van der Waals surface area contributed by atoms with Crippen LogP contribution in [0, 0.1) is 12.7 Å². The average molecular weight is 378 g/mol. The summed E-state index contributed by atoms with van der Waals surface area (Å²) < 4.78 is 15.1. The van der Waals surface area contributed by atoms with E-state index in [0.717, 1.165) is 38.2 Å². The lowest BCUT2D eigenvalue weighted by atomic mass is 10.1. The van der Waals surface area contributed by atoms with Crippen LogP contribution in [0.25, 0.3) is 22.2 Å². The molecular formula is C21H19FN4S. The number of nitrogens with one attached hydrogen (secondary N) is 1. The normalized spacial score (nSPS) is 12.5. The van der Waals surface area contributed by atoms with Crippen LogP contribution in [0.15, 0.2) is 64.0 Å². The number of H-pyrrole nitrogens is 1. The van der Waals surface area contributed by atoms with Gasteiger partial charge < -0.3 is 4.98 Å². The van der Waals surface area contributed by atoms with Crippen LogP contribution in [-0.2, 0) is 0 Å². The summed E-state index contributed by atoms with van der Waals surface area (Å²) in [5.41, 5.74) is 4.99. The molecule has 0 atom stereocenters. The number of halogens is 1. The lowest BCUT2D eigenvalue weighted by Gasteiger charge is -2.03. The van der Waals surface area contributed by atoms with E-state index in [1.807, 2.05) is 42.3 Å². The molecule has 2 aromatic heterocycles. The van der Waals surface area contributed by atoms with E-state index >= 15 is 0 Å². The quantitative estimate of drug-likeness (QED) is 0.489. The monoisotopic (exact) mass is 378 g/mol. The highest BCUT2D eigenvalue weighted by atomic mass is 32.1. The summed E-state index contributed by atoms with van der Waals surface area (Å²) in [6.07, 6.45) is 1.86. The molecule has 2 heterocycles. The first-order valence-corrected chi connectivity index (χ1v) is 9.64. The highest BCUT2D eigenvalue weighted by Crippen LogP contribution is 2.22. The molecule has 6 heteroatoms. The Morgan fingerprint density at radius 1 is 1.15 bits per heavy atom. The van der Waals surface area contributed by atoms with Gasteiger partial charge in [0.05, 0.1) is 11.9 Å². The van der Waals surface area contributed by atoms with Gasteiger partial charge in [-0.15, -0.1) is 11.3 Å². The van der Waals surface area contributed by atoms with Crippen LogP contribution in [0.1, 0.15) is 18.2 Å². The van der Waals surface area contributed by atoms with Gasteiger partial charge in [-0.05, 0) is 44.2 Å². The summed E-state index contributed by atoms with van der Waals surface area (Å²) in [6.45, 7) is 4.71. The largest absolute Gasteiger partial charge is 0.358 e. The second-order valence-corrected chi connectivity index (χ2v) is 6.99. The molecule has 0 unspecified atom stereocenters. The predicted molar refractivity (Wildman–Crippen MR) is 110 cm³/mol. The van der Waals surface area contributed by atoms with Gasteiger partial charge in [0, 0.05) is 39.6 Å². The summed E-state index contributed by atoms with van der Waals surface area (Å²) in [4.78, 5) is 8.74. The third kappa shape index (κ3) is 3.36. The van der Waals surface area contributed by atoms with Crippen LogP contribution in [-0.4, -0.2) is 22.4 Å². The standard InChI is InChI=1S/C21H19FN4S/c1-3-23-21-26(20(13-27-21)15-8-10-16(22)11-9-15)24-12-18-14(2)25-19-7-5-4-6-17(18)19/h4-13,25H,3H2,1-2H3. The van der Waals surface area contributed by atoms with Crippen molar-refractivity contribution in [2.24, 2.45) is 10.1 Å². The van der Waals surface area contributed by atoms with Gasteiger partial charge in [-0.1, -0.05) is 18.2 Å². The minimum Gasteiger partial charge on any atom is -0.358 e. The van der Waals surface area contributed by atoms with E-state index in [2.05, 4.69) is 22.1 Å². The van der Waals surface area contributed by atoms with Crippen LogP contribution < -0.4 is 4.80 Å². The maximum atomic E-state index is 13.3. The molecule has 0 saturated carbocycles. The van der Waals surface area contributed by atoms with Gasteiger partial charge in [0.25, 0.3) is 0 Å². The van der Waals surface area contributed by atoms with Crippen LogP contribution in [0.3, 0.4) is 0 Å². The highest BCUT2D eigenvalue weighted by molar-refractivity contribution is 7.07. The molecule has 27 heavy (non-hydrogen) atoms. The van der Waals surface area contributed by atoms with E-state index in [4.69, 9.17) is 5.10 Å². The molecule has 0 aliphatic rings. The Morgan fingerprint density at radius 2 is 1.93 bits per heavy atom. The Morgan fingerprint density at radius 3 is 2.70 bits per heavy atom. The fourth-order valence-electron chi connectivity index (χ4n) is 3.05. The molecule has 0 saturated heterocycles. The number of hydrogen-bond acceptors (Lipinski definition) is 3. The number of thiazole rings is 1. The molecule has 4 nitrogen and oxygen atoms in total. The number of benzene rings is 2. The minimum absolute atomic E-state index is 0.253. The molecule has 4 rings (SSSR count). The van der Waals surface area contributed by atoms with E-state index in [-0.39, 0.29) is 5.82 Å². The molecule has 2 aromatic carbocycles. The zero-order valence-corrected chi connectivity index (χ0v) is 15.9. The molecule has 0 radical (unpaired) electrons. The number of nitrogens with zero attached hydrogens (tertiary/aromatic N) is 3. The maximum Gasteiger partial charge on any atom is 0.206 e. The number of fused-ring (bicyclic) bond motifs is 1. The van der Waals surface area contributed by atoms with Crippen molar-refractivity contribution in [3.05, 3.63) is 75.8 Å². The van der Waals surface area contributed by atoms with Gasteiger partial charge in [-0.25, -0.2) is 9.07 Å². The third-order valence-electron chi connectivity index (χ3n) is 4.36. The number of rotatable bonds is 4. The van der Waals surface area contributed by atoms with Crippen LogP contribution in [0.5, 0.6) is 0 Å². The van der Waals surface area contributed by atoms with Crippen molar-refractivity contribution in [1.82, 2.24) is 9.66 Å². The number of para-hydroxylation sites is 1. The van der Waals surface area contributed by atoms with Crippen molar-refractivity contribution < 1.29 is 4.39 Å². The minimum atomic E-state index is -0.253. The van der Waals surface area contributed by atoms with E-state index in [1.165, 1.54) is 23.5 Å². The van der Waals surface area contributed by atoms with E-state index < -0.39 is 0 Å². The molecule has 0 bridgehead atoms. The van der Waals surface area contributed by atoms with Crippen molar-refractivity contribution in [3.63, 3.8) is 0 Å². The SMILES string of the molecule is CCN=c1scc(-c2ccc(F)cc2)n1N=Cc1c(C)[nH]c2ccccc12. The lowest BCUT2D eigenvalue weighted by molar-refractivity contribution is 0.628. The topological polar surface area (TPSA) is 45.4 Å². The molecule has 0 amide bonds. The number of aromatic amines is 1. The van der Waals surface area contributed by atoms with Crippen LogP contribution in [0.4, 0.5) is 4.39 Å². The second-order valence-electron chi connectivity index (χ2n) is 6.15. The third-order valence-corrected chi connectivity index (χ3v) is 5.22. The van der Waals surface area contributed by atoms with Crippen molar-refractivity contribution in [2.45, 2.75) is 13.8 Å². The van der Waals surface area contributed by atoms with Gasteiger partial charge in [-0.3, -0.25) is 4.99 Å². The molecule has 0 fully saturated rings. The van der Waals surface area contributed by atoms with Gasteiger partial charge in [0.1, 0.15) is 5.82 Å². The first-order chi connectivity index (χ1) is 13.2. The molecular weight excluding hydrogens is 359 g/mol. The molecule has 0 aliphatic heterocycles. The predicted octanol–water partition coefficient (Wildman–Crippen LogP) is 4.95. The van der Waals surface area contributed by atoms with Crippen molar-refractivity contribution in [3.8, 4) is 11.3 Å². The van der Waals surface area contributed by atoms with E-state index in [1.54, 1.807) is 12.1 Å². The smallest absolute Gasteiger partial charge is 0.206 e. The fourth-order valence-corrected chi connectivity index (χ4v) is 3.96. The highest BCUT2D eigenvalue weighted by Gasteiger charge is 2.09. The van der Waals surface area contributed by atoms with Crippen molar-refractivity contribution >= 4 is 28.5 Å². The first kappa shape index (κ1) is 17.4. The Kier molecular flexibility index (Phi) is 4.73. The van der Waals surface area contributed by atoms with Crippen LogP contribution >= 0.6 is 11.3 Å². The average Bonchev–Trinajstić information content (AvgIpc) is 3.21. The van der Waals surface area contributed by atoms with Crippen molar-refractivity contribution in [2.75, 3.05) is 6.54 Å². The summed E-state index contributed by atoms with van der Waals surface area (Å²) in [5, 5.41) is 7.86. The van der Waals surface area contributed by atoms with Crippen LogP contribution in [0.2, 0.25) is 0 Å². The summed E-state index contributed by atoms with van der Waals surface area (Å²) >= 11 is 1.53. The Bertz CT molecular complexity index is 1180. The maximum absolute atomic E-state index is 13.3. The fraction of sp³-hybridized carbons (Fsp3) is 0.143. The number of aromatic nitrogens is 2. The van der Waals surface area contributed by atoms with Gasteiger partial charge >= 0.3 is 0 Å². The van der Waals surface area contributed by atoms with Gasteiger partial charge in [0.2, 0.25) is 4.80 Å². The Balaban J connectivity index is 1.84. The summed E-state index contributed by atoms with van der Waals surface area (Å²) in [5.74, 6) is -0.253. The van der Waals surface area contributed by atoms with E-state index in [9.17, 15) is 4.39 Å². The van der Waals surface area contributed by atoms with E-state index in [0.29, 0.717) is 6.54 Å². The Hall–Kier alpha value is -2.99.